The maximum Gasteiger partial charge on any atom is 0.129 e. The first-order valence-corrected chi connectivity index (χ1v) is 7.64. The second kappa shape index (κ2) is 5.85. The average Bonchev–Trinajstić information content (AvgIpc) is 3.30. The highest BCUT2D eigenvalue weighted by molar-refractivity contribution is 5.44. The van der Waals surface area contributed by atoms with Crippen molar-refractivity contribution in [2.24, 2.45) is 5.92 Å². The van der Waals surface area contributed by atoms with Gasteiger partial charge in [0.1, 0.15) is 5.82 Å². The fourth-order valence-electron chi connectivity index (χ4n) is 2.50. The second-order valence-corrected chi connectivity index (χ2v) is 6.16. The lowest BCUT2D eigenvalue weighted by atomic mass is 10.2. The first-order valence-electron chi connectivity index (χ1n) is 7.64. The van der Waals surface area contributed by atoms with E-state index in [0.29, 0.717) is 6.54 Å². The molecular weight excluding hydrogens is 246 g/mol. The van der Waals surface area contributed by atoms with E-state index in [-0.39, 0.29) is 0 Å². The Balaban J connectivity index is 1.72. The molecule has 0 aromatic carbocycles. The van der Waals surface area contributed by atoms with Gasteiger partial charge in [-0.3, -0.25) is 0 Å². The molecule has 2 saturated carbocycles. The summed E-state index contributed by atoms with van der Waals surface area (Å²) >= 11 is 0. The summed E-state index contributed by atoms with van der Waals surface area (Å²) in [6, 6.07) is 5.10. The van der Waals surface area contributed by atoms with E-state index in [2.05, 4.69) is 40.2 Å². The molecule has 0 radical (unpaired) electrons. The Bertz CT molecular complexity index is 509. The van der Waals surface area contributed by atoms with Gasteiger partial charge in [-0.25, -0.2) is 4.98 Å². The summed E-state index contributed by atoms with van der Waals surface area (Å²) in [6.45, 7) is 4.71. The van der Waals surface area contributed by atoms with Crippen molar-refractivity contribution in [3.8, 4) is 12.3 Å². The number of anilines is 1. The van der Waals surface area contributed by atoms with Crippen LogP contribution in [0, 0.1) is 25.2 Å². The molecule has 2 aliphatic rings. The van der Waals surface area contributed by atoms with E-state index >= 15 is 0 Å². The lowest BCUT2D eigenvalue weighted by Crippen LogP contribution is -2.27. The molecule has 3 heteroatoms. The minimum Gasteiger partial charge on any atom is -0.345 e. The van der Waals surface area contributed by atoms with Gasteiger partial charge in [0.05, 0.1) is 6.54 Å². The van der Waals surface area contributed by atoms with Crippen LogP contribution >= 0.6 is 0 Å². The zero-order valence-electron chi connectivity index (χ0n) is 12.2. The number of terminal acetylenes is 1. The van der Waals surface area contributed by atoms with Crippen LogP contribution in [0.2, 0.25) is 0 Å². The molecule has 106 valence electrons. The molecule has 0 aliphatic heterocycles. The van der Waals surface area contributed by atoms with Gasteiger partial charge in [-0.1, -0.05) is 5.92 Å². The summed E-state index contributed by atoms with van der Waals surface area (Å²) < 4.78 is 0. The standard InChI is InChI=1S/C17H23N3/c1-3-8-20(12-14-4-5-14)17-10-15(9-13(2)19-17)11-18-16-6-7-16/h1,9-10,14,16,18H,4-8,11-12H2,2H3. The van der Waals surface area contributed by atoms with Gasteiger partial charge in [0.2, 0.25) is 0 Å². The maximum absolute atomic E-state index is 5.51. The Morgan fingerprint density at radius 2 is 2.15 bits per heavy atom. The summed E-state index contributed by atoms with van der Waals surface area (Å²) in [4.78, 5) is 6.93. The minimum absolute atomic E-state index is 0.655. The lowest BCUT2D eigenvalue weighted by molar-refractivity contribution is 0.684. The van der Waals surface area contributed by atoms with Gasteiger partial charge in [0, 0.05) is 24.8 Å². The van der Waals surface area contributed by atoms with Gasteiger partial charge >= 0.3 is 0 Å². The molecule has 0 amide bonds. The van der Waals surface area contributed by atoms with E-state index in [1.165, 1.54) is 31.2 Å². The molecule has 1 aromatic heterocycles. The average molecular weight is 269 g/mol. The van der Waals surface area contributed by atoms with E-state index in [1.807, 2.05) is 0 Å². The summed E-state index contributed by atoms with van der Waals surface area (Å²) in [5.41, 5.74) is 2.39. The molecule has 0 bridgehead atoms. The summed E-state index contributed by atoms with van der Waals surface area (Å²) in [6.07, 6.45) is 10.8. The first kappa shape index (κ1) is 13.5. The summed E-state index contributed by atoms with van der Waals surface area (Å²) in [5.74, 6) is 4.63. The normalized spacial score (nSPS) is 17.8. The second-order valence-electron chi connectivity index (χ2n) is 6.16. The summed E-state index contributed by atoms with van der Waals surface area (Å²) in [7, 11) is 0. The SMILES string of the molecule is C#CCN(CC1CC1)c1cc(CNC2CC2)cc(C)n1. The van der Waals surface area contributed by atoms with E-state index in [0.717, 1.165) is 36.6 Å². The van der Waals surface area contributed by atoms with Crippen LogP contribution in [0.3, 0.4) is 0 Å². The van der Waals surface area contributed by atoms with Crippen LogP contribution in [0.1, 0.15) is 36.9 Å². The fourth-order valence-corrected chi connectivity index (χ4v) is 2.50. The van der Waals surface area contributed by atoms with Gasteiger partial charge in [0.25, 0.3) is 0 Å². The van der Waals surface area contributed by atoms with Gasteiger partial charge in [-0.2, -0.15) is 0 Å². The van der Waals surface area contributed by atoms with Crippen LogP contribution in [0.15, 0.2) is 12.1 Å². The van der Waals surface area contributed by atoms with Crippen molar-refractivity contribution in [2.75, 3.05) is 18.0 Å². The topological polar surface area (TPSA) is 28.2 Å². The highest BCUT2D eigenvalue weighted by Crippen LogP contribution is 2.31. The molecule has 0 atom stereocenters. The smallest absolute Gasteiger partial charge is 0.129 e. The third-order valence-electron chi connectivity index (χ3n) is 3.95. The Kier molecular flexibility index (Phi) is 3.93. The first-order chi connectivity index (χ1) is 9.74. The van der Waals surface area contributed by atoms with Gasteiger partial charge < -0.3 is 10.2 Å². The Hall–Kier alpha value is -1.53. The van der Waals surface area contributed by atoms with E-state index in [9.17, 15) is 0 Å². The van der Waals surface area contributed by atoms with Crippen LogP contribution in [-0.2, 0) is 6.54 Å². The summed E-state index contributed by atoms with van der Waals surface area (Å²) in [5, 5.41) is 3.56. The highest BCUT2D eigenvalue weighted by atomic mass is 15.2. The molecule has 2 fully saturated rings. The lowest BCUT2D eigenvalue weighted by Gasteiger charge is -2.22. The zero-order valence-corrected chi connectivity index (χ0v) is 12.2. The Morgan fingerprint density at radius 1 is 1.35 bits per heavy atom. The number of aryl methyl sites for hydroxylation is 1. The molecule has 1 aromatic rings. The highest BCUT2D eigenvalue weighted by Gasteiger charge is 2.25. The zero-order chi connectivity index (χ0) is 13.9. The van der Waals surface area contributed by atoms with E-state index < -0.39 is 0 Å². The van der Waals surface area contributed by atoms with Crippen LogP contribution in [-0.4, -0.2) is 24.1 Å². The van der Waals surface area contributed by atoms with Crippen molar-refractivity contribution in [3.63, 3.8) is 0 Å². The number of pyridine rings is 1. The van der Waals surface area contributed by atoms with Crippen molar-refractivity contribution >= 4 is 5.82 Å². The van der Waals surface area contributed by atoms with Crippen molar-refractivity contribution in [1.82, 2.24) is 10.3 Å². The quantitative estimate of drug-likeness (QED) is 0.771. The maximum atomic E-state index is 5.51. The monoisotopic (exact) mass is 269 g/mol. The van der Waals surface area contributed by atoms with Gasteiger partial charge in [0.15, 0.2) is 0 Å². The van der Waals surface area contributed by atoms with Crippen LogP contribution < -0.4 is 10.2 Å². The largest absolute Gasteiger partial charge is 0.345 e. The molecule has 2 aliphatic carbocycles. The van der Waals surface area contributed by atoms with E-state index in [1.54, 1.807) is 0 Å². The Morgan fingerprint density at radius 3 is 2.80 bits per heavy atom. The molecule has 1 heterocycles. The number of rotatable bonds is 7. The van der Waals surface area contributed by atoms with Crippen molar-refractivity contribution in [3.05, 3.63) is 23.4 Å². The molecule has 0 unspecified atom stereocenters. The molecule has 3 rings (SSSR count). The van der Waals surface area contributed by atoms with Crippen molar-refractivity contribution < 1.29 is 0 Å². The van der Waals surface area contributed by atoms with Gasteiger partial charge in [-0.05, 0) is 56.2 Å². The van der Waals surface area contributed by atoms with Crippen molar-refractivity contribution in [2.45, 2.75) is 45.2 Å². The predicted molar refractivity (Wildman–Crippen MR) is 82.6 cm³/mol. The molecule has 20 heavy (non-hydrogen) atoms. The molecule has 3 nitrogen and oxygen atoms in total. The Labute approximate surface area is 121 Å². The van der Waals surface area contributed by atoms with Crippen LogP contribution in [0.4, 0.5) is 5.82 Å². The van der Waals surface area contributed by atoms with Gasteiger partial charge in [-0.15, -0.1) is 6.42 Å². The molecule has 1 N–H and O–H groups in total. The number of hydrogen-bond acceptors (Lipinski definition) is 3. The predicted octanol–water partition coefficient (Wildman–Crippen LogP) is 2.49. The fraction of sp³-hybridized carbons (Fsp3) is 0.588. The molecule has 0 saturated heterocycles. The van der Waals surface area contributed by atoms with Crippen LogP contribution in [0.25, 0.3) is 0 Å². The van der Waals surface area contributed by atoms with Crippen molar-refractivity contribution in [1.29, 1.82) is 0 Å². The third kappa shape index (κ3) is 3.74. The molecular formula is C17H23N3. The van der Waals surface area contributed by atoms with E-state index in [4.69, 9.17) is 6.42 Å². The number of aromatic nitrogens is 1. The van der Waals surface area contributed by atoms with Crippen LogP contribution in [0.5, 0.6) is 0 Å². The minimum atomic E-state index is 0.655. The number of nitrogens with zero attached hydrogens (tertiary/aromatic N) is 2. The number of nitrogens with one attached hydrogen (secondary N) is 1. The third-order valence-corrected chi connectivity index (χ3v) is 3.95. The molecule has 0 spiro atoms. The number of hydrogen-bond donors (Lipinski definition) is 1.